The number of hydrogen-bond acceptors (Lipinski definition) is 8. The van der Waals surface area contributed by atoms with Gasteiger partial charge in [-0.05, 0) is 25.1 Å². The number of nitriles is 1. The molecule has 1 saturated heterocycles. The molecule has 1 aromatic heterocycles. The van der Waals surface area contributed by atoms with Crippen molar-refractivity contribution in [2.45, 2.75) is 19.6 Å². The number of alkyl halides is 3. The average Bonchev–Trinajstić information content (AvgIpc) is 3.22. The van der Waals surface area contributed by atoms with Gasteiger partial charge in [-0.3, -0.25) is 23.9 Å². The van der Waals surface area contributed by atoms with E-state index in [1.807, 2.05) is 4.90 Å². The number of nitrogens with one attached hydrogen (secondary N) is 3. The number of carbonyl (C=O) groups excluding carboxylic acids is 3. The number of carbonyl (C=O) groups is 3. The Kier molecular flexibility index (Phi) is 10.3. The number of halogens is 3. The Hall–Kier alpha value is -4.58. The highest BCUT2D eigenvalue weighted by Crippen LogP contribution is 2.15. The van der Waals surface area contributed by atoms with E-state index in [9.17, 15) is 37.6 Å². The number of amides is 4. The van der Waals surface area contributed by atoms with Gasteiger partial charge in [-0.1, -0.05) is 11.8 Å². The molecule has 0 radical (unpaired) electrons. The average molecular weight is 593 g/mol. The Balaban J connectivity index is 1.73. The molecule has 12 nitrogen and oxygen atoms in total. The van der Waals surface area contributed by atoms with E-state index in [0.29, 0.717) is 37.6 Å². The molecule has 41 heavy (non-hydrogen) atoms. The molecular formula is C25H27F3N8O4S. The number of primary amides is 1. The Morgan fingerprint density at radius 3 is 2.46 bits per heavy atom. The summed E-state index contributed by atoms with van der Waals surface area (Å²) in [6, 6.07) is 7.83. The molecule has 0 atom stereocenters. The highest BCUT2D eigenvalue weighted by Gasteiger charge is 2.29. The van der Waals surface area contributed by atoms with Gasteiger partial charge in [0.25, 0.3) is 11.5 Å². The molecule has 1 aliphatic heterocycles. The van der Waals surface area contributed by atoms with Crippen LogP contribution < -0.4 is 36.4 Å². The molecule has 0 bridgehead atoms. The Morgan fingerprint density at radius 2 is 1.85 bits per heavy atom. The number of piperazine rings is 1. The lowest BCUT2D eigenvalue weighted by atomic mass is 10.2. The SMILES string of the molecule is CCn1c(=O)c(=C=CNc2cccc(NC(=O)CN3CCN(C(N)=O)CC3)c2)s/c1=C(/C#N)C(=O)NCC(F)(F)F. The van der Waals surface area contributed by atoms with Gasteiger partial charge < -0.3 is 26.6 Å². The van der Waals surface area contributed by atoms with Crippen LogP contribution in [-0.2, 0) is 16.1 Å². The Labute approximate surface area is 235 Å². The van der Waals surface area contributed by atoms with E-state index in [1.54, 1.807) is 42.6 Å². The zero-order valence-electron chi connectivity index (χ0n) is 21.9. The highest BCUT2D eigenvalue weighted by atomic mass is 32.1. The molecule has 2 aromatic rings. The molecule has 1 aliphatic rings. The molecule has 0 unspecified atom stereocenters. The molecule has 16 heteroatoms. The van der Waals surface area contributed by atoms with Crippen molar-refractivity contribution in [2.75, 3.05) is 49.9 Å². The number of thiazole rings is 1. The van der Waals surface area contributed by atoms with Crippen LogP contribution in [-0.4, -0.2) is 77.7 Å². The van der Waals surface area contributed by atoms with Crippen LogP contribution in [0, 0.1) is 11.3 Å². The molecule has 4 amide bonds. The van der Waals surface area contributed by atoms with Crippen LogP contribution >= 0.6 is 11.3 Å². The lowest BCUT2D eigenvalue weighted by molar-refractivity contribution is -0.135. The fourth-order valence-corrected chi connectivity index (χ4v) is 4.91. The second kappa shape index (κ2) is 13.7. The van der Waals surface area contributed by atoms with Crippen LogP contribution in [0.5, 0.6) is 0 Å². The van der Waals surface area contributed by atoms with Gasteiger partial charge in [0.2, 0.25) is 5.91 Å². The fraction of sp³-hybridized carbons (Fsp3) is 0.360. The zero-order chi connectivity index (χ0) is 30.2. The van der Waals surface area contributed by atoms with E-state index in [4.69, 9.17) is 5.73 Å². The molecule has 3 rings (SSSR count). The summed E-state index contributed by atoms with van der Waals surface area (Å²) in [6.07, 6.45) is -3.33. The maximum Gasteiger partial charge on any atom is 0.405 e. The van der Waals surface area contributed by atoms with Crippen LogP contribution in [0.25, 0.3) is 11.3 Å². The molecule has 0 aliphatic carbocycles. The summed E-state index contributed by atoms with van der Waals surface area (Å²) in [6.45, 7) is 2.12. The van der Waals surface area contributed by atoms with Gasteiger partial charge in [-0.2, -0.15) is 18.4 Å². The molecule has 1 aromatic carbocycles. The number of nitrogens with two attached hydrogens (primary N) is 1. The summed E-state index contributed by atoms with van der Waals surface area (Å²) in [7, 11) is 0. The highest BCUT2D eigenvalue weighted by molar-refractivity contribution is 7.07. The second-order valence-electron chi connectivity index (χ2n) is 8.73. The van der Waals surface area contributed by atoms with Crippen molar-refractivity contribution in [3.63, 3.8) is 0 Å². The van der Waals surface area contributed by atoms with E-state index in [-0.39, 0.29) is 28.2 Å². The van der Waals surface area contributed by atoms with E-state index in [1.165, 1.54) is 11.1 Å². The third-order valence-corrected chi connectivity index (χ3v) is 6.96. The first-order valence-corrected chi connectivity index (χ1v) is 13.1. The van der Waals surface area contributed by atoms with Crippen molar-refractivity contribution < 1.29 is 27.6 Å². The molecular weight excluding hydrogens is 565 g/mol. The van der Waals surface area contributed by atoms with Crippen LogP contribution in [0.4, 0.5) is 29.3 Å². The summed E-state index contributed by atoms with van der Waals surface area (Å²) in [5.74, 6) is -1.49. The maximum atomic E-state index is 12.8. The Bertz CT molecular complexity index is 1560. The number of rotatable bonds is 8. The van der Waals surface area contributed by atoms with Gasteiger partial charge in [-0.25, -0.2) is 4.79 Å². The van der Waals surface area contributed by atoms with Gasteiger partial charge in [0, 0.05) is 50.3 Å². The molecule has 5 N–H and O–H groups in total. The van der Waals surface area contributed by atoms with Crippen LogP contribution in [0.15, 0.2) is 35.3 Å². The number of nitrogens with zero attached hydrogens (tertiary/aromatic N) is 4. The van der Waals surface area contributed by atoms with Crippen molar-refractivity contribution in [3.8, 4) is 6.07 Å². The third-order valence-electron chi connectivity index (χ3n) is 5.84. The van der Waals surface area contributed by atoms with Gasteiger partial charge in [0.1, 0.15) is 21.8 Å². The smallest absolute Gasteiger partial charge is 0.355 e. The second-order valence-corrected chi connectivity index (χ2v) is 9.73. The van der Waals surface area contributed by atoms with E-state index in [0.717, 1.165) is 15.9 Å². The quantitative estimate of drug-likeness (QED) is 0.333. The first-order chi connectivity index (χ1) is 19.4. The van der Waals surface area contributed by atoms with Gasteiger partial charge in [-0.15, -0.1) is 11.3 Å². The number of aromatic nitrogens is 1. The van der Waals surface area contributed by atoms with Crippen molar-refractivity contribution in [1.29, 1.82) is 5.26 Å². The fourth-order valence-electron chi connectivity index (χ4n) is 3.84. The van der Waals surface area contributed by atoms with E-state index < -0.39 is 35.8 Å². The van der Waals surface area contributed by atoms with Crippen molar-refractivity contribution in [2.24, 2.45) is 5.73 Å². The Morgan fingerprint density at radius 1 is 1.17 bits per heavy atom. The minimum absolute atomic E-state index is 0.0200. The van der Waals surface area contributed by atoms with Crippen molar-refractivity contribution in [1.82, 2.24) is 19.7 Å². The van der Waals surface area contributed by atoms with Crippen molar-refractivity contribution >= 4 is 51.9 Å². The first kappa shape index (κ1) is 31.0. The molecule has 218 valence electrons. The standard InChI is InChI=1S/C25H27F3N8O4S/c1-2-36-22(39)19(41-23(36)18(13-29)21(38)32-15-25(26,27)28)6-7-31-16-4-3-5-17(12-16)33-20(37)14-34-8-10-35(11-9-34)24(30)40/h3-5,7,12,31H,2,8-11,14-15H2,1H3,(H2,30,40)(H,32,38)(H,33,37)/b23-18-. The van der Waals surface area contributed by atoms with E-state index in [2.05, 4.69) is 16.4 Å². The molecule has 0 spiro atoms. The minimum atomic E-state index is -4.66. The summed E-state index contributed by atoms with van der Waals surface area (Å²) < 4.78 is 38.5. The lowest BCUT2D eigenvalue weighted by Crippen LogP contribution is -2.51. The summed E-state index contributed by atoms with van der Waals surface area (Å²) in [5, 5.41) is 16.8. The summed E-state index contributed by atoms with van der Waals surface area (Å²) in [5.41, 5.74) is 7.89. The lowest BCUT2D eigenvalue weighted by Gasteiger charge is -2.33. The number of benzene rings is 1. The first-order valence-electron chi connectivity index (χ1n) is 12.3. The summed E-state index contributed by atoms with van der Waals surface area (Å²) >= 11 is 0.746. The predicted molar refractivity (Wildman–Crippen MR) is 146 cm³/mol. The minimum Gasteiger partial charge on any atom is -0.355 e. The largest absolute Gasteiger partial charge is 0.405 e. The topological polar surface area (TPSA) is 166 Å². The van der Waals surface area contributed by atoms with Crippen LogP contribution in [0.1, 0.15) is 6.92 Å². The van der Waals surface area contributed by atoms with Crippen LogP contribution in [0.2, 0.25) is 0 Å². The number of anilines is 2. The van der Waals surface area contributed by atoms with E-state index >= 15 is 0 Å². The molecule has 0 saturated carbocycles. The van der Waals surface area contributed by atoms with Gasteiger partial charge in [0.05, 0.1) is 6.54 Å². The molecule has 2 heterocycles. The van der Waals surface area contributed by atoms with Crippen LogP contribution in [0.3, 0.4) is 0 Å². The maximum absolute atomic E-state index is 12.8. The van der Waals surface area contributed by atoms with Crippen molar-refractivity contribution in [3.05, 3.63) is 50.0 Å². The number of urea groups is 1. The zero-order valence-corrected chi connectivity index (χ0v) is 22.7. The number of hydrogen-bond donors (Lipinski definition) is 4. The normalized spacial score (nSPS) is 14.4. The molecule has 1 fully saturated rings. The van der Waals surface area contributed by atoms with Gasteiger partial charge >= 0.3 is 12.2 Å². The van der Waals surface area contributed by atoms with Gasteiger partial charge in [0.15, 0.2) is 5.57 Å². The summed E-state index contributed by atoms with van der Waals surface area (Å²) in [4.78, 5) is 52.1. The predicted octanol–water partition coefficient (Wildman–Crippen LogP) is -0.0775. The third kappa shape index (κ3) is 8.70. The monoisotopic (exact) mass is 592 g/mol.